The lowest BCUT2D eigenvalue weighted by Gasteiger charge is -2.35. The average molecular weight is 346 g/mol. The monoisotopic (exact) mass is 345 g/mol. The molecule has 1 aromatic carbocycles. The average Bonchev–Trinajstić information content (AvgIpc) is 2.81. The van der Waals surface area contributed by atoms with Crippen LogP contribution in [0.5, 0.6) is 0 Å². The zero-order chi connectivity index (χ0) is 17.4. The number of benzene rings is 1. The first-order chi connectivity index (χ1) is 11.4. The Morgan fingerprint density at radius 2 is 1.71 bits per heavy atom. The number of nitrogens with zero attached hydrogens (tertiary/aromatic N) is 3. The number of carbonyl (C=O) groups excluding carboxylic acids is 1. The van der Waals surface area contributed by atoms with Gasteiger partial charge < -0.3 is 4.90 Å². The third-order valence-corrected chi connectivity index (χ3v) is 5.26. The first-order valence-corrected chi connectivity index (χ1v) is 8.86. The van der Waals surface area contributed by atoms with E-state index < -0.39 is 0 Å². The third-order valence-electron chi connectivity index (χ3n) is 4.72. The fourth-order valence-corrected chi connectivity index (χ4v) is 3.75. The molecular weight excluding hydrogens is 322 g/mol. The highest BCUT2D eigenvalue weighted by Crippen LogP contribution is 2.24. The Labute approximate surface area is 148 Å². The first kappa shape index (κ1) is 17.0. The van der Waals surface area contributed by atoms with E-state index in [2.05, 4.69) is 18.9 Å². The van der Waals surface area contributed by atoms with Gasteiger partial charge in [-0.25, -0.2) is 4.68 Å². The molecule has 128 valence electrons. The number of rotatable bonds is 2. The molecule has 1 aliphatic heterocycles. The quantitative estimate of drug-likeness (QED) is 0.815. The van der Waals surface area contributed by atoms with Gasteiger partial charge in [0, 0.05) is 18.7 Å². The minimum absolute atomic E-state index is 0.117. The van der Waals surface area contributed by atoms with Gasteiger partial charge >= 0.3 is 0 Å². The minimum Gasteiger partial charge on any atom is -0.338 e. The van der Waals surface area contributed by atoms with E-state index in [1.807, 2.05) is 47.7 Å². The number of hydrogen-bond donors (Lipinski definition) is 0. The Morgan fingerprint density at radius 1 is 1.12 bits per heavy atom. The zero-order valence-electron chi connectivity index (χ0n) is 14.7. The highest BCUT2D eigenvalue weighted by Gasteiger charge is 2.26. The van der Waals surface area contributed by atoms with Gasteiger partial charge in [0.2, 0.25) is 0 Å². The number of hydrogen-bond acceptors (Lipinski definition) is 2. The Balaban J connectivity index is 1.81. The number of halogens is 1. The number of amides is 1. The number of piperidine rings is 1. The van der Waals surface area contributed by atoms with Crippen LogP contribution in [-0.2, 0) is 0 Å². The lowest BCUT2D eigenvalue weighted by Crippen LogP contribution is -2.42. The Bertz CT molecular complexity index is 741. The summed E-state index contributed by atoms with van der Waals surface area (Å²) >= 11 is 6.21. The maximum Gasteiger partial charge on any atom is 0.253 e. The van der Waals surface area contributed by atoms with Gasteiger partial charge in [-0.3, -0.25) is 4.79 Å². The summed E-state index contributed by atoms with van der Waals surface area (Å²) < 4.78 is 1.82. The van der Waals surface area contributed by atoms with Gasteiger partial charge in [0.15, 0.2) is 0 Å². The summed E-state index contributed by atoms with van der Waals surface area (Å²) in [5.41, 5.74) is 3.37. The maximum absolute atomic E-state index is 12.7. The summed E-state index contributed by atoms with van der Waals surface area (Å²) in [5.74, 6) is 1.24. The van der Waals surface area contributed by atoms with Crippen molar-refractivity contribution in [3.8, 4) is 5.69 Å². The molecule has 1 aromatic heterocycles. The van der Waals surface area contributed by atoms with Crippen LogP contribution < -0.4 is 0 Å². The van der Waals surface area contributed by atoms with Gasteiger partial charge in [0.05, 0.1) is 22.1 Å². The van der Waals surface area contributed by atoms with Crippen molar-refractivity contribution in [1.82, 2.24) is 14.7 Å². The van der Waals surface area contributed by atoms with E-state index in [9.17, 15) is 4.79 Å². The molecule has 0 N–H and O–H groups in total. The van der Waals surface area contributed by atoms with E-state index in [1.54, 1.807) is 0 Å². The highest BCUT2D eigenvalue weighted by atomic mass is 35.5. The predicted octanol–water partition coefficient (Wildman–Crippen LogP) is 4.26. The van der Waals surface area contributed by atoms with Crippen molar-refractivity contribution in [1.29, 1.82) is 0 Å². The van der Waals surface area contributed by atoms with Crippen molar-refractivity contribution >= 4 is 17.5 Å². The second kappa shape index (κ2) is 6.60. The van der Waals surface area contributed by atoms with Gasteiger partial charge in [-0.15, -0.1) is 0 Å². The summed E-state index contributed by atoms with van der Waals surface area (Å²) in [6, 6.07) is 7.62. The van der Waals surface area contributed by atoms with Crippen molar-refractivity contribution in [2.24, 2.45) is 11.8 Å². The molecule has 4 nitrogen and oxygen atoms in total. The summed E-state index contributed by atoms with van der Waals surface area (Å²) in [5, 5.41) is 5.14. The summed E-state index contributed by atoms with van der Waals surface area (Å²) in [4.78, 5) is 14.7. The topological polar surface area (TPSA) is 38.1 Å². The molecule has 0 spiro atoms. The van der Waals surface area contributed by atoms with Crippen LogP contribution in [0.15, 0.2) is 24.3 Å². The number of aryl methyl sites for hydroxylation is 1. The Morgan fingerprint density at radius 3 is 2.21 bits per heavy atom. The minimum atomic E-state index is 0.117. The third kappa shape index (κ3) is 3.20. The van der Waals surface area contributed by atoms with Crippen LogP contribution in [0.2, 0.25) is 5.02 Å². The van der Waals surface area contributed by atoms with Crippen LogP contribution in [0.25, 0.3) is 5.69 Å². The molecule has 0 saturated carbocycles. The largest absolute Gasteiger partial charge is 0.338 e. The van der Waals surface area contributed by atoms with E-state index in [4.69, 9.17) is 11.6 Å². The molecule has 1 amide bonds. The molecule has 3 rings (SSSR count). The predicted molar refractivity (Wildman–Crippen MR) is 96.9 cm³/mol. The van der Waals surface area contributed by atoms with Crippen molar-refractivity contribution in [3.05, 3.63) is 46.2 Å². The molecule has 5 heteroatoms. The van der Waals surface area contributed by atoms with Crippen LogP contribution in [0.3, 0.4) is 0 Å². The molecule has 0 radical (unpaired) electrons. The lowest BCUT2D eigenvalue weighted by atomic mass is 9.91. The summed E-state index contributed by atoms with van der Waals surface area (Å²) in [7, 11) is 0. The first-order valence-electron chi connectivity index (χ1n) is 8.48. The molecule has 2 heterocycles. The van der Waals surface area contributed by atoms with Crippen molar-refractivity contribution in [2.75, 3.05) is 13.1 Å². The second-order valence-corrected chi connectivity index (χ2v) is 7.48. The van der Waals surface area contributed by atoms with Crippen LogP contribution in [-0.4, -0.2) is 33.7 Å². The van der Waals surface area contributed by atoms with Gasteiger partial charge in [0.25, 0.3) is 5.91 Å². The standard InChI is InChI=1S/C19H24ClN3O/c1-12-9-13(2)11-22(10-12)19(24)16-5-7-17(8-6-16)23-15(4)18(20)14(3)21-23/h5-8,12-13H,9-11H2,1-4H3/t12-,13+. The lowest BCUT2D eigenvalue weighted by molar-refractivity contribution is 0.0623. The molecule has 0 aliphatic carbocycles. The fourth-order valence-electron chi connectivity index (χ4n) is 3.63. The van der Waals surface area contributed by atoms with E-state index in [-0.39, 0.29) is 5.91 Å². The van der Waals surface area contributed by atoms with Gasteiger partial charge in [-0.1, -0.05) is 25.4 Å². The highest BCUT2D eigenvalue weighted by molar-refractivity contribution is 6.31. The van der Waals surface area contributed by atoms with E-state index in [0.717, 1.165) is 35.7 Å². The van der Waals surface area contributed by atoms with Crippen LogP contribution in [0.1, 0.15) is 42.0 Å². The SMILES string of the molecule is Cc1nn(-c2ccc(C(=O)N3C[C@H](C)C[C@H](C)C3)cc2)c(C)c1Cl. The molecule has 1 saturated heterocycles. The molecule has 0 bridgehead atoms. The van der Waals surface area contributed by atoms with E-state index in [0.29, 0.717) is 16.9 Å². The van der Waals surface area contributed by atoms with Crippen LogP contribution in [0, 0.1) is 25.7 Å². The van der Waals surface area contributed by atoms with E-state index >= 15 is 0 Å². The number of likely N-dealkylation sites (tertiary alicyclic amines) is 1. The van der Waals surface area contributed by atoms with Gasteiger partial charge in [-0.2, -0.15) is 5.10 Å². The zero-order valence-corrected chi connectivity index (χ0v) is 15.5. The molecule has 0 unspecified atom stereocenters. The number of aromatic nitrogens is 2. The van der Waals surface area contributed by atoms with Gasteiger partial charge in [0.1, 0.15) is 0 Å². The van der Waals surface area contributed by atoms with Crippen LogP contribution >= 0.6 is 11.6 Å². The molecule has 1 fully saturated rings. The normalized spacial score (nSPS) is 21.1. The maximum atomic E-state index is 12.7. The van der Waals surface area contributed by atoms with Crippen molar-refractivity contribution < 1.29 is 4.79 Å². The summed E-state index contributed by atoms with van der Waals surface area (Å²) in [6.07, 6.45) is 1.20. The molecule has 2 atom stereocenters. The molecule has 1 aliphatic rings. The molecular formula is C19H24ClN3O. The molecule has 24 heavy (non-hydrogen) atoms. The fraction of sp³-hybridized carbons (Fsp3) is 0.474. The Hall–Kier alpha value is -1.81. The van der Waals surface area contributed by atoms with E-state index in [1.165, 1.54) is 6.42 Å². The van der Waals surface area contributed by atoms with Crippen molar-refractivity contribution in [3.63, 3.8) is 0 Å². The smallest absolute Gasteiger partial charge is 0.253 e. The number of carbonyl (C=O) groups is 1. The summed E-state index contributed by atoms with van der Waals surface area (Å²) in [6.45, 7) is 9.95. The molecule has 2 aromatic rings. The van der Waals surface area contributed by atoms with Gasteiger partial charge in [-0.05, 0) is 56.4 Å². The van der Waals surface area contributed by atoms with Crippen LogP contribution in [0.4, 0.5) is 0 Å². The van der Waals surface area contributed by atoms with Crippen molar-refractivity contribution in [2.45, 2.75) is 34.1 Å². The second-order valence-electron chi connectivity index (χ2n) is 7.10. The Kier molecular flexibility index (Phi) is 4.68.